The number of methoxy groups -OCH3 is 2. The minimum atomic E-state index is -0.601. The fraction of sp³-hybridized carbons (Fsp3) is 0.150. The van der Waals surface area contributed by atoms with Crippen molar-refractivity contribution in [3.05, 3.63) is 68.7 Å². The Hall–Kier alpha value is -3.79. The number of amides is 2. The SMILES string of the molecule is COc1ccc(-c2nc(CN3C(=O)c4ccc([N+](=O)[O-])cc4C3=O)cs2)cc1OC. The maximum absolute atomic E-state index is 12.6. The van der Waals surface area contributed by atoms with Crippen molar-refractivity contribution in [2.45, 2.75) is 6.54 Å². The predicted octanol–water partition coefficient (Wildman–Crippen LogP) is 3.53. The molecule has 0 aliphatic carbocycles. The van der Waals surface area contributed by atoms with E-state index in [4.69, 9.17) is 9.47 Å². The molecule has 30 heavy (non-hydrogen) atoms. The van der Waals surface area contributed by atoms with Gasteiger partial charge in [0, 0.05) is 23.1 Å². The van der Waals surface area contributed by atoms with Gasteiger partial charge in [-0.3, -0.25) is 24.6 Å². The highest BCUT2D eigenvalue weighted by atomic mass is 32.1. The van der Waals surface area contributed by atoms with Crippen LogP contribution in [0.25, 0.3) is 10.6 Å². The van der Waals surface area contributed by atoms with Gasteiger partial charge in [-0.1, -0.05) is 0 Å². The maximum Gasteiger partial charge on any atom is 0.270 e. The number of imide groups is 1. The minimum absolute atomic E-state index is 0.0239. The van der Waals surface area contributed by atoms with Gasteiger partial charge < -0.3 is 9.47 Å². The number of nitro benzene ring substituents is 1. The Morgan fingerprint density at radius 1 is 1.03 bits per heavy atom. The number of nitrogens with zero attached hydrogens (tertiary/aromatic N) is 3. The van der Waals surface area contributed by atoms with Gasteiger partial charge in [0.15, 0.2) is 11.5 Å². The molecule has 0 fully saturated rings. The number of fused-ring (bicyclic) bond motifs is 1. The van der Waals surface area contributed by atoms with Crippen LogP contribution in [-0.4, -0.2) is 40.8 Å². The molecule has 2 amide bonds. The fourth-order valence-corrected chi connectivity index (χ4v) is 3.99. The lowest BCUT2D eigenvalue weighted by Gasteiger charge is -2.11. The molecule has 10 heteroatoms. The molecule has 0 spiro atoms. The Balaban J connectivity index is 1.58. The Morgan fingerprint density at radius 3 is 2.47 bits per heavy atom. The van der Waals surface area contributed by atoms with Crippen molar-refractivity contribution >= 4 is 28.8 Å². The second kappa shape index (κ2) is 7.56. The van der Waals surface area contributed by atoms with Gasteiger partial charge >= 0.3 is 0 Å². The first-order valence-electron chi connectivity index (χ1n) is 8.74. The van der Waals surface area contributed by atoms with E-state index in [9.17, 15) is 19.7 Å². The highest BCUT2D eigenvalue weighted by Gasteiger charge is 2.37. The second-order valence-electron chi connectivity index (χ2n) is 6.40. The fourth-order valence-electron chi connectivity index (χ4n) is 3.18. The molecule has 0 atom stereocenters. The van der Waals surface area contributed by atoms with Crippen LogP contribution in [0.4, 0.5) is 5.69 Å². The van der Waals surface area contributed by atoms with E-state index in [1.54, 1.807) is 31.7 Å². The number of carbonyl (C=O) groups is 2. The monoisotopic (exact) mass is 425 g/mol. The summed E-state index contributed by atoms with van der Waals surface area (Å²) >= 11 is 1.37. The largest absolute Gasteiger partial charge is 0.493 e. The third-order valence-corrected chi connectivity index (χ3v) is 5.61. The summed E-state index contributed by atoms with van der Waals surface area (Å²) in [6, 6.07) is 9.06. The van der Waals surface area contributed by atoms with Crippen LogP contribution < -0.4 is 9.47 Å². The van der Waals surface area contributed by atoms with Crippen molar-refractivity contribution < 1.29 is 24.0 Å². The van der Waals surface area contributed by atoms with Crippen LogP contribution >= 0.6 is 11.3 Å². The molecular formula is C20H15N3O6S. The van der Waals surface area contributed by atoms with E-state index in [1.807, 2.05) is 6.07 Å². The Labute approximate surface area is 174 Å². The maximum atomic E-state index is 12.6. The summed E-state index contributed by atoms with van der Waals surface area (Å²) in [5.74, 6) is 0.0942. The van der Waals surface area contributed by atoms with E-state index in [-0.39, 0.29) is 23.4 Å². The molecule has 9 nitrogen and oxygen atoms in total. The number of thiazole rings is 1. The van der Waals surface area contributed by atoms with Crippen molar-refractivity contribution in [3.8, 4) is 22.1 Å². The van der Waals surface area contributed by atoms with Gasteiger partial charge in [0.05, 0.1) is 42.5 Å². The van der Waals surface area contributed by atoms with Crippen LogP contribution in [0.3, 0.4) is 0 Å². The molecule has 1 aromatic heterocycles. The normalized spacial score (nSPS) is 12.8. The third-order valence-electron chi connectivity index (χ3n) is 4.67. The average Bonchev–Trinajstić information content (AvgIpc) is 3.32. The van der Waals surface area contributed by atoms with Gasteiger partial charge in [-0.15, -0.1) is 11.3 Å². The van der Waals surface area contributed by atoms with Gasteiger partial charge in [0.1, 0.15) is 5.01 Å². The van der Waals surface area contributed by atoms with Gasteiger partial charge in [-0.05, 0) is 24.3 Å². The Bertz CT molecular complexity index is 1190. The van der Waals surface area contributed by atoms with Crippen LogP contribution in [0.2, 0.25) is 0 Å². The lowest BCUT2D eigenvalue weighted by atomic mass is 10.1. The molecule has 0 N–H and O–H groups in total. The van der Waals surface area contributed by atoms with Crippen LogP contribution in [0.5, 0.6) is 11.5 Å². The lowest BCUT2D eigenvalue weighted by molar-refractivity contribution is -0.384. The number of hydrogen-bond donors (Lipinski definition) is 0. The van der Waals surface area contributed by atoms with Crippen molar-refractivity contribution in [1.82, 2.24) is 9.88 Å². The summed E-state index contributed by atoms with van der Waals surface area (Å²) in [6.07, 6.45) is 0. The zero-order valence-corrected chi connectivity index (χ0v) is 16.8. The first-order valence-corrected chi connectivity index (χ1v) is 9.62. The molecule has 1 aliphatic heterocycles. The van der Waals surface area contributed by atoms with E-state index in [1.165, 1.54) is 23.5 Å². The first-order chi connectivity index (χ1) is 14.4. The molecule has 0 saturated heterocycles. The molecule has 1 aliphatic rings. The van der Waals surface area contributed by atoms with E-state index in [0.717, 1.165) is 16.5 Å². The summed E-state index contributed by atoms with van der Waals surface area (Å²) < 4.78 is 10.5. The van der Waals surface area contributed by atoms with E-state index in [0.29, 0.717) is 22.2 Å². The summed E-state index contributed by atoms with van der Waals surface area (Å²) in [7, 11) is 3.09. The number of hydrogen-bond acceptors (Lipinski definition) is 8. The molecule has 0 bridgehead atoms. The summed E-state index contributed by atoms with van der Waals surface area (Å²) in [4.78, 5) is 41.2. The summed E-state index contributed by atoms with van der Waals surface area (Å²) in [5.41, 5.74) is 1.29. The van der Waals surface area contributed by atoms with Gasteiger partial charge in [0.2, 0.25) is 0 Å². The van der Waals surface area contributed by atoms with Crippen LogP contribution in [0.1, 0.15) is 26.4 Å². The van der Waals surface area contributed by atoms with Crippen LogP contribution in [-0.2, 0) is 6.54 Å². The van der Waals surface area contributed by atoms with Crippen LogP contribution in [0.15, 0.2) is 41.8 Å². The number of nitro groups is 1. The zero-order valence-electron chi connectivity index (χ0n) is 15.9. The Morgan fingerprint density at radius 2 is 1.77 bits per heavy atom. The predicted molar refractivity (Wildman–Crippen MR) is 108 cm³/mol. The van der Waals surface area contributed by atoms with Gasteiger partial charge in [-0.25, -0.2) is 4.98 Å². The van der Waals surface area contributed by atoms with Crippen molar-refractivity contribution in [3.63, 3.8) is 0 Å². The lowest BCUT2D eigenvalue weighted by Crippen LogP contribution is -2.29. The minimum Gasteiger partial charge on any atom is -0.493 e. The topological polar surface area (TPSA) is 112 Å². The molecule has 2 aromatic carbocycles. The van der Waals surface area contributed by atoms with Crippen molar-refractivity contribution in [2.24, 2.45) is 0 Å². The number of aromatic nitrogens is 1. The number of rotatable bonds is 6. The standard InChI is InChI=1S/C20H15N3O6S/c1-28-16-6-3-11(7-17(16)29-2)18-21-12(10-30-18)9-22-19(24)14-5-4-13(23(26)27)8-15(14)20(22)25/h3-8,10H,9H2,1-2H3. The summed E-state index contributed by atoms with van der Waals surface area (Å²) in [6.45, 7) is -0.0239. The number of carbonyl (C=O) groups excluding carboxylic acids is 2. The highest BCUT2D eigenvalue weighted by Crippen LogP contribution is 2.34. The Kier molecular flexibility index (Phi) is 4.92. The molecule has 0 unspecified atom stereocenters. The molecule has 2 heterocycles. The first kappa shape index (κ1) is 19.5. The quantitative estimate of drug-likeness (QED) is 0.337. The summed E-state index contributed by atoms with van der Waals surface area (Å²) in [5, 5.41) is 13.4. The number of benzene rings is 2. The molecular weight excluding hydrogens is 410 g/mol. The van der Waals surface area contributed by atoms with Gasteiger partial charge in [-0.2, -0.15) is 0 Å². The van der Waals surface area contributed by atoms with Crippen molar-refractivity contribution in [2.75, 3.05) is 14.2 Å². The number of ether oxygens (including phenoxy) is 2. The molecule has 0 radical (unpaired) electrons. The third kappa shape index (κ3) is 3.26. The number of non-ortho nitro benzene ring substituents is 1. The van der Waals surface area contributed by atoms with E-state index in [2.05, 4.69) is 4.98 Å². The van der Waals surface area contributed by atoms with E-state index < -0.39 is 16.7 Å². The van der Waals surface area contributed by atoms with Crippen molar-refractivity contribution in [1.29, 1.82) is 0 Å². The molecule has 4 rings (SSSR count). The molecule has 3 aromatic rings. The van der Waals surface area contributed by atoms with Gasteiger partial charge in [0.25, 0.3) is 17.5 Å². The highest BCUT2D eigenvalue weighted by molar-refractivity contribution is 7.13. The van der Waals surface area contributed by atoms with E-state index >= 15 is 0 Å². The van der Waals surface area contributed by atoms with Crippen LogP contribution in [0, 0.1) is 10.1 Å². The smallest absolute Gasteiger partial charge is 0.270 e. The molecule has 152 valence electrons. The average molecular weight is 425 g/mol. The second-order valence-corrected chi connectivity index (χ2v) is 7.26. The molecule has 0 saturated carbocycles. The zero-order chi connectivity index (χ0) is 21.4.